The molecule has 5 rings (SSSR count). The Labute approximate surface area is 236 Å². The molecule has 3 aliphatic rings. The highest BCUT2D eigenvalue weighted by atomic mass is 16.5. The molecule has 0 aromatic heterocycles. The van der Waals surface area contributed by atoms with Gasteiger partial charge in [-0.3, -0.25) is 14.5 Å². The van der Waals surface area contributed by atoms with Crippen molar-refractivity contribution in [3.63, 3.8) is 0 Å². The van der Waals surface area contributed by atoms with Crippen LogP contribution in [0.2, 0.25) is 0 Å². The molecule has 2 aromatic carbocycles. The number of ether oxygens (including phenoxy) is 1. The molecule has 2 amide bonds. The monoisotopic (exact) mass is 543 g/mol. The molecular weight excluding hydrogens is 505 g/mol. The van der Waals surface area contributed by atoms with E-state index in [4.69, 9.17) is 4.74 Å². The van der Waals surface area contributed by atoms with Gasteiger partial charge in [0.1, 0.15) is 5.75 Å². The summed E-state index contributed by atoms with van der Waals surface area (Å²) in [5.74, 6) is -1.03. The predicted molar refractivity (Wildman–Crippen MR) is 156 cm³/mol. The molecule has 0 unspecified atom stereocenters. The van der Waals surface area contributed by atoms with Crippen LogP contribution in [0.15, 0.2) is 65.3 Å². The third kappa shape index (κ3) is 5.40. The SMILES string of the molecule is CCC/C(=C\c1cccc(O)c1)CC[C@H]1OC[C@H]2C1=C(C(C)C)C[C@H]1C(=O)N(c3cccc(B(O)O)c3)C(=O)[C@H]12. The molecule has 210 valence electrons. The first-order valence-corrected chi connectivity index (χ1v) is 14.4. The lowest BCUT2D eigenvalue weighted by atomic mass is 9.67. The van der Waals surface area contributed by atoms with Gasteiger partial charge in [0.05, 0.1) is 30.2 Å². The van der Waals surface area contributed by atoms with Crippen LogP contribution < -0.4 is 10.4 Å². The summed E-state index contributed by atoms with van der Waals surface area (Å²) in [5, 5.41) is 29.1. The van der Waals surface area contributed by atoms with Gasteiger partial charge in [-0.1, -0.05) is 68.7 Å². The fourth-order valence-electron chi connectivity index (χ4n) is 6.80. The highest BCUT2D eigenvalue weighted by Crippen LogP contribution is 2.52. The molecule has 7 nitrogen and oxygen atoms in total. The summed E-state index contributed by atoms with van der Waals surface area (Å²) >= 11 is 0. The van der Waals surface area contributed by atoms with Crippen molar-refractivity contribution < 1.29 is 29.5 Å². The van der Waals surface area contributed by atoms with Crippen LogP contribution in [-0.2, 0) is 14.3 Å². The number of rotatable bonds is 9. The number of nitrogens with zero attached hydrogens (tertiary/aromatic N) is 1. The predicted octanol–water partition coefficient (Wildman–Crippen LogP) is 4.21. The number of benzene rings is 2. The Balaban J connectivity index is 1.40. The minimum atomic E-state index is -1.68. The van der Waals surface area contributed by atoms with E-state index in [1.807, 2.05) is 12.1 Å². The van der Waals surface area contributed by atoms with Gasteiger partial charge in [-0.05, 0) is 72.5 Å². The molecule has 0 spiro atoms. The number of hydrogen-bond donors (Lipinski definition) is 3. The first-order chi connectivity index (χ1) is 19.2. The molecule has 4 atom stereocenters. The van der Waals surface area contributed by atoms with Gasteiger partial charge >= 0.3 is 7.12 Å². The van der Waals surface area contributed by atoms with Crippen molar-refractivity contribution in [2.45, 2.75) is 59.0 Å². The second-order valence-corrected chi connectivity index (χ2v) is 11.6. The van der Waals surface area contributed by atoms with Crippen LogP contribution in [0.5, 0.6) is 5.75 Å². The Morgan fingerprint density at radius 1 is 1.07 bits per heavy atom. The van der Waals surface area contributed by atoms with Crippen molar-refractivity contribution in [1.29, 1.82) is 0 Å². The van der Waals surface area contributed by atoms with Crippen molar-refractivity contribution in [2.24, 2.45) is 23.7 Å². The lowest BCUT2D eigenvalue weighted by Gasteiger charge is -2.33. The molecule has 40 heavy (non-hydrogen) atoms. The quantitative estimate of drug-likeness (QED) is 0.249. The highest BCUT2D eigenvalue weighted by molar-refractivity contribution is 6.58. The van der Waals surface area contributed by atoms with Gasteiger partial charge in [0.15, 0.2) is 0 Å². The van der Waals surface area contributed by atoms with Gasteiger partial charge < -0.3 is 19.9 Å². The Kier molecular flexibility index (Phi) is 8.31. The van der Waals surface area contributed by atoms with E-state index >= 15 is 0 Å². The zero-order valence-corrected chi connectivity index (χ0v) is 23.4. The number of fused-ring (bicyclic) bond motifs is 3. The number of phenols is 1. The van der Waals surface area contributed by atoms with Crippen molar-refractivity contribution in [2.75, 3.05) is 11.5 Å². The number of imide groups is 1. The van der Waals surface area contributed by atoms with Crippen LogP contribution in [0.3, 0.4) is 0 Å². The summed E-state index contributed by atoms with van der Waals surface area (Å²) in [6.07, 6.45) is 6.21. The van der Waals surface area contributed by atoms with E-state index in [0.29, 0.717) is 18.7 Å². The van der Waals surface area contributed by atoms with Crippen LogP contribution >= 0.6 is 0 Å². The van der Waals surface area contributed by atoms with Gasteiger partial charge in [0.2, 0.25) is 11.8 Å². The lowest BCUT2D eigenvalue weighted by Crippen LogP contribution is -2.36. The van der Waals surface area contributed by atoms with E-state index in [1.54, 1.807) is 30.3 Å². The fourth-order valence-corrected chi connectivity index (χ4v) is 6.80. The fraction of sp³-hybridized carbons (Fsp3) is 0.438. The van der Waals surface area contributed by atoms with Gasteiger partial charge in [0, 0.05) is 5.92 Å². The largest absolute Gasteiger partial charge is 0.508 e. The summed E-state index contributed by atoms with van der Waals surface area (Å²) < 4.78 is 6.39. The summed E-state index contributed by atoms with van der Waals surface area (Å²) in [6, 6.07) is 13.6. The van der Waals surface area contributed by atoms with E-state index in [0.717, 1.165) is 31.2 Å². The van der Waals surface area contributed by atoms with Crippen LogP contribution in [-0.4, -0.2) is 46.8 Å². The molecule has 3 N–H and O–H groups in total. The molecule has 2 aromatic rings. The van der Waals surface area contributed by atoms with Crippen LogP contribution in [0.25, 0.3) is 6.08 Å². The van der Waals surface area contributed by atoms with Crippen molar-refractivity contribution in [3.05, 3.63) is 70.8 Å². The van der Waals surface area contributed by atoms with Gasteiger partial charge in [-0.2, -0.15) is 0 Å². The van der Waals surface area contributed by atoms with Gasteiger partial charge in [-0.15, -0.1) is 0 Å². The number of carbonyl (C=O) groups excluding carboxylic acids is 2. The molecule has 0 saturated carbocycles. The smallest absolute Gasteiger partial charge is 0.488 e. The molecule has 8 heteroatoms. The molecule has 0 bridgehead atoms. The Morgan fingerprint density at radius 2 is 1.85 bits per heavy atom. The molecular formula is C32H38BNO6. The van der Waals surface area contributed by atoms with E-state index in [9.17, 15) is 24.7 Å². The zero-order chi connectivity index (χ0) is 28.6. The number of amides is 2. The van der Waals surface area contributed by atoms with Crippen LogP contribution in [0.4, 0.5) is 5.69 Å². The number of carbonyl (C=O) groups is 2. The molecule has 2 aliphatic heterocycles. The highest BCUT2D eigenvalue weighted by Gasteiger charge is 2.57. The number of anilines is 1. The zero-order valence-electron chi connectivity index (χ0n) is 23.4. The average Bonchev–Trinajstić information content (AvgIpc) is 3.45. The van der Waals surface area contributed by atoms with E-state index in [1.165, 1.54) is 27.7 Å². The van der Waals surface area contributed by atoms with Crippen molar-refractivity contribution >= 4 is 36.2 Å². The van der Waals surface area contributed by atoms with E-state index in [2.05, 4.69) is 26.8 Å². The maximum atomic E-state index is 13.8. The first-order valence-electron chi connectivity index (χ1n) is 14.4. The summed E-state index contributed by atoms with van der Waals surface area (Å²) in [7, 11) is -1.68. The molecule has 1 aliphatic carbocycles. The number of allylic oxidation sites excluding steroid dienone is 2. The van der Waals surface area contributed by atoms with Crippen molar-refractivity contribution in [1.82, 2.24) is 0 Å². The van der Waals surface area contributed by atoms with Crippen LogP contribution in [0.1, 0.15) is 58.4 Å². The molecule has 2 saturated heterocycles. The van der Waals surface area contributed by atoms with E-state index < -0.39 is 19.0 Å². The summed E-state index contributed by atoms with van der Waals surface area (Å²) in [5.41, 5.74) is 5.31. The van der Waals surface area contributed by atoms with Gasteiger partial charge in [-0.25, -0.2) is 0 Å². The standard InChI is InChI=1S/C32H38BNO6/c1-4-7-20(14-21-8-5-11-24(35)15-21)12-13-28-29-25(19(2)3)17-26-30(27(29)18-40-28)32(37)34(31(26)36)23-10-6-9-22(16-23)33(38)39/h5-6,8-11,14-16,19,26-28,30,35,38-39H,4,7,12-13,17-18H2,1-3H3/b20-14+/t26-,27+,28-,30-/m1/s1. The second kappa shape index (κ2) is 11.7. The normalized spacial score (nSPS) is 24.6. The first kappa shape index (κ1) is 28.3. The number of aromatic hydroxyl groups is 1. The summed E-state index contributed by atoms with van der Waals surface area (Å²) in [6.45, 7) is 6.86. The average molecular weight is 543 g/mol. The third-order valence-corrected chi connectivity index (χ3v) is 8.61. The van der Waals surface area contributed by atoms with Gasteiger partial charge in [0.25, 0.3) is 0 Å². The van der Waals surface area contributed by atoms with Crippen molar-refractivity contribution in [3.8, 4) is 5.75 Å². The Morgan fingerprint density at radius 3 is 2.55 bits per heavy atom. The maximum absolute atomic E-state index is 13.8. The van der Waals surface area contributed by atoms with Crippen LogP contribution in [0, 0.1) is 23.7 Å². The number of phenolic OH excluding ortho intramolecular Hbond substituents is 1. The molecule has 0 radical (unpaired) electrons. The second-order valence-electron chi connectivity index (χ2n) is 11.6. The summed E-state index contributed by atoms with van der Waals surface area (Å²) in [4.78, 5) is 28.7. The lowest BCUT2D eigenvalue weighted by molar-refractivity contribution is -0.122. The van der Waals surface area contributed by atoms with E-state index in [-0.39, 0.29) is 41.0 Å². The Hall–Kier alpha value is -3.20. The Bertz CT molecular complexity index is 1350. The minimum absolute atomic E-state index is 0.0994. The maximum Gasteiger partial charge on any atom is 0.488 e. The minimum Gasteiger partial charge on any atom is -0.508 e. The topological polar surface area (TPSA) is 107 Å². The third-order valence-electron chi connectivity index (χ3n) is 8.61. The molecule has 2 fully saturated rings. The molecule has 2 heterocycles. The number of hydrogen-bond acceptors (Lipinski definition) is 6.